The molecule has 0 aliphatic carbocycles. The van der Waals surface area contributed by atoms with Crippen molar-refractivity contribution in [2.75, 3.05) is 19.8 Å². The molecule has 0 aromatic heterocycles. The van der Waals surface area contributed by atoms with Gasteiger partial charge in [-0.3, -0.25) is 0 Å². The van der Waals surface area contributed by atoms with Gasteiger partial charge in [-0.15, -0.1) is 0 Å². The summed E-state index contributed by atoms with van der Waals surface area (Å²) in [5.74, 6) is 2.01. The Bertz CT molecular complexity index is 625. The zero-order chi connectivity index (χ0) is 16.7. The predicted octanol–water partition coefficient (Wildman–Crippen LogP) is 4.21. The molecular weight excluding hydrogens is 286 g/mol. The normalized spacial score (nSPS) is 12.0. The molecule has 0 spiro atoms. The average Bonchev–Trinajstić information content (AvgIpc) is 2.55. The van der Waals surface area contributed by atoms with E-state index in [1.807, 2.05) is 31.2 Å². The summed E-state index contributed by atoms with van der Waals surface area (Å²) < 4.78 is 11.4. The van der Waals surface area contributed by atoms with E-state index in [1.165, 1.54) is 16.7 Å². The Balaban J connectivity index is 1.96. The fourth-order valence-electron chi connectivity index (χ4n) is 2.74. The third kappa shape index (κ3) is 5.00. The number of benzene rings is 2. The summed E-state index contributed by atoms with van der Waals surface area (Å²) in [7, 11) is 0. The van der Waals surface area contributed by atoms with Crippen LogP contribution >= 0.6 is 0 Å². The van der Waals surface area contributed by atoms with Gasteiger partial charge < -0.3 is 15.2 Å². The van der Waals surface area contributed by atoms with Crippen LogP contribution in [0.5, 0.6) is 11.5 Å². The Morgan fingerprint density at radius 2 is 1.74 bits per heavy atom. The van der Waals surface area contributed by atoms with Gasteiger partial charge in [-0.1, -0.05) is 29.8 Å². The van der Waals surface area contributed by atoms with E-state index >= 15 is 0 Å². The lowest BCUT2D eigenvalue weighted by Gasteiger charge is -2.19. The van der Waals surface area contributed by atoms with Crippen LogP contribution in [-0.2, 0) is 0 Å². The lowest BCUT2D eigenvalue weighted by atomic mass is 9.91. The standard InChI is InChI=1S/C20H27NO2/c1-4-22-18-6-5-7-19(13-18)23-11-10-17(14-21)20-12-15(2)8-9-16(20)3/h5-9,12-13,17H,4,10-11,14,21H2,1-3H3. The molecule has 1 atom stereocenters. The topological polar surface area (TPSA) is 44.5 Å². The van der Waals surface area contributed by atoms with Crippen molar-refractivity contribution in [2.24, 2.45) is 5.73 Å². The van der Waals surface area contributed by atoms with E-state index in [0.29, 0.717) is 25.7 Å². The van der Waals surface area contributed by atoms with Gasteiger partial charge in [0.15, 0.2) is 0 Å². The Labute approximate surface area is 139 Å². The van der Waals surface area contributed by atoms with Gasteiger partial charge in [-0.2, -0.15) is 0 Å². The molecule has 23 heavy (non-hydrogen) atoms. The molecule has 0 heterocycles. The van der Waals surface area contributed by atoms with Gasteiger partial charge in [0, 0.05) is 6.07 Å². The van der Waals surface area contributed by atoms with Crippen molar-refractivity contribution in [3.8, 4) is 11.5 Å². The number of ether oxygens (including phenoxy) is 2. The van der Waals surface area contributed by atoms with Crippen LogP contribution in [0.3, 0.4) is 0 Å². The van der Waals surface area contributed by atoms with Crippen molar-refractivity contribution >= 4 is 0 Å². The van der Waals surface area contributed by atoms with E-state index in [2.05, 4.69) is 32.0 Å². The molecule has 2 rings (SSSR count). The molecule has 0 fully saturated rings. The summed E-state index contributed by atoms with van der Waals surface area (Å²) in [5.41, 5.74) is 9.89. The van der Waals surface area contributed by atoms with Crippen LogP contribution in [0, 0.1) is 13.8 Å². The minimum Gasteiger partial charge on any atom is -0.494 e. The van der Waals surface area contributed by atoms with Crippen molar-refractivity contribution in [2.45, 2.75) is 33.1 Å². The Kier molecular flexibility index (Phi) is 6.48. The first-order valence-corrected chi connectivity index (χ1v) is 8.27. The molecule has 0 saturated heterocycles. The molecule has 0 radical (unpaired) electrons. The minimum atomic E-state index is 0.324. The summed E-state index contributed by atoms with van der Waals surface area (Å²) in [4.78, 5) is 0. The third-order valence-corrected chi connectivity index (χ3v) is 4.01. The van der Waals surface area contributed by atoms with E-state index in [9.17, 15) is 0 Å². The zero-order valence-electron chi connectivity index (χ0n) is 14.3. The number of hydrogen-bond acceptors (Lipinski definition) is 3. The van der Waals surface area contributed by atoms with Crippen molar-refractivity contribution in [3.05, 3.63) is 59.2 Å². The van der Waals surface area contributed by atoms with E-state index in [1.54, 1.807) is 0 Å². The van der Waals surface area contributed by atoms with Crippen LogP contribution in [-0.4, -0.2) is 19.8 Å². The molecule has 0 aliphatic rings. The molecule has 3 heteroatoms. The summed E-state index contributed by atoms with van der Waals surface area (Å²) in [6, 6.07) is 14.3. The second kappa shape index (κ2) is 8.59. The summed E-state index contributed by atoms with van der Waals surface area (Å²) in [5, 5.41) is 0. The average molecular weight is 313 g/mol. The van der Waals surface area contributed by atoms with Gasteiger partial charge in [-0.05, 0) is 62.9 Å². The maximum Gasteiger partial charge on any atom is 0.122 e. The Hall–Kier alpha value is -2.00. The maximum absolute atomic E-state index is 5.99. The second-order valence-corrected chi connectivity index (χ2v) is 5.84. The number of aryl methyl sites for hydroxylation is 2. The Morgan fingerprint density at radius 1 is 1.00 bits per heavy atom. The summed E-state index contributed by atoms with van der Waals surface area (Å²) in [6.07, 6.45) is 0.902. The van der Waals surface area contributed by atoms with Crippen molar-refractivity contribution in [3.63, 3.8) is 0 Å². The lowest BCUT2D eigenvalue weighted by Crippen LogP contribution is -2.16. The molecule has 2 aromatic carbocycles. The highest BCUT2D eigenvalue weighted by Gasteiger charge is 2.13. The Morgan fingerprint density at radius 3 is 2.43 bits per heavy atom. The predicted molar refractivity (Wildman–Crippen MR) is 95.4 cm³/mol. The number of nitrogens with two attached hydrogens (primary N) is 1. The van der Waals surface area contributed by atoms with Crippen LogP contribution in [0.1, 0.15) is 36.0 Å². The molecule has 0 amide bonds. The van der Waals surface area contributed by atoms with Crippen LogP contribution in [0.4, 0.5) is 0 Å². The van der Waals surface area contributed by atoms with Crippen LogP contribution in [0.2, 0.25) is 0 Å². The minimum absolute atomic E-state index is 0.324. The van der Waals surface area contributed by atoms with Crippen molar-refractivity contribution < 1.29 is 9.47 Å². The van der Waals surface area contributed by atoms with E-state index in [4.69, 9.17) is 15.2 Å². The van der Waals surface area contributed by atoms with Crippen LogP contribution in [0.25, 0.3) is 0 Å². The molecule has 1 unspecified atom stereocenters. The molecular formula is C20H27NO2. The molecule has 2 N–H and O–H groups in total. The first-order chi connectivity index (χ1) is 11.1. The number of hydrogen-bond donors (Lipinski definition) is 1. The fourth-order valence-corrected chi connectivity index (χ4v) is 2.74. The van der Waals surface area contributed by atoms with Gasteiger partial charge in [-0.25, -0.2) is 0 Å². The van der Waals surface area contributed by atoms with Gasteiger partial charge in [0.25, 0.3) is 0 Å². The lowest BCUT2D eigenvalue weighted by molar-refractivity contribution is 0.293. The smallest absolute Gasteiger partial charge is 0.122 e. The second-order valence-electron chi connectivity index (χ2n) is 5.84. The quantitative estimate of drug-likeness (QED) is 0.794. The van der Waals surface area contributed by atoms with Crippen molar-refractivity contribution in [1.82, 2.24) is 0 Å². The van der Waals surface area contributed by atoms with E-state index in [-0.39, 0.29) is 0 Å². The fraction of sp³-hybridized carbons (Fsp3) is 0.400. The highest BCUT2D eigenvalue weighted by molar-refractivity contribution is 5.34. The van der Waals surface area contributed by atoms with Gasteiger partial charge in [0.05, 0.1) is 13.2 Å². The zero-order valence-corrected chi connectivity index (χ0v) is 14.3. The largest absolute Gasteiger partial charge is 0.494 e. The molecule has 0 bridgehead atoms. The third-order valence-electron chi connectivity index (χ3n) is 4.01. The SMILES string of the molecule is CCOc1cccc(OCCC(CN)c2cc(C)ccc2C)c1. The molecule has 3 nitrogen and oxygen atoms in total. The van der Waals surface area contributed by atoms with E-state index < -0.39 is 0 Å². The van der Waals surface area contributed by atoms with Crippen LogP contribution in [0.15, 0.2) is 42.5 Å². The molecule has 124 valence electrons. The summed E-state index contributed by atoms with van der Waals surface area (Å²) >= 11 is 0. The first kappa shape index (κ1) is 17.4. The molecule has 0 saturated carbocycles. The van der Waals surface area contributed by atoms with E-state index in [0.717, 1.165) is 17.9 Å². The van der Waals surface area contributed by atoms with Gasteiger partial charge in [0.2, 0.25) is 0 Å². The number of rotatable bonds is 8. The summed E-state index contributed by atoms with van der Waals surface area (Å²) in [6.45, 7) is 8.17. The van der Waals surface area contributed by atoms with Crippen LogP contribution < -0.4 is 15.2 Å². The van der Waals surface area contributed by atoms with Gasteiger partial charge in [0.1, 0.15) is 11.5 Å². The van der Waals surface area contributed by atoms with Gasteiger partial charge >= 0.3 is 0 Å². The monoisotopic (exact) mass is 313 g/mol. The molecule has 0 aliphatic heterocycles. The highest BCUT2D eigenvalue weighted by atomic mass is 16.5. The highest BCUT2D eigenvalue weighted by Crippen LogP contribution is 2.25. The first-order valence-electron chi connectivity index (χ1n) is 8.27. The molecule has 2 aromatic rings. The van der Waals surface area contributed by atoms with Crippen molar-refractivity contribution in [1.29, 1.82) is 0 Å². The maximum atomic E-state index is 5.99.